The monoisotopic (exact) mass is 470 g/mol. The second-order valence-electron chi connectivity index (χ2n) is 9.03. The Kier molecular flexibility index (Phi) is 6.29. The van der Waals surface area contributed by atoms with Gasteiger partial charge in [0.05, 0.1) is 4.90 Å². The van der Waals surface area contributed by atoms with Crippen LogP contribution < -0.4 is 14.8 Å². The first kappa shape index (κ1) is 22.2. The molecule has 1 saturated carbocycles. The summed E-state index contributed by atoms with van der Waals surface area (Å²) >= 11 is 0. The number of hydrogen-bond acceptors (Lipinski definition) is 5. The van der Waals surface area contributed by atoms with Crippen LogP contribution in [0.3, 0.4) is 0 Å². The van der Waals surface area contributed by atoms with E-state index in [1.165, 1.54) is 10.4 Å². The first-order chi connectivity index (χ1) is 16.0. The normalized spacial score (nSPS) is 24.8. The van der Waals surface area contributed by atoms with Gasteiger partial charge in [0.1, 0.15) is 19.3 Å². The summed E-state index contributed by atoms with van der Waals surface area (Å²) in [7, 11) is -3.88. The summed E-state index contributed by atoms with van der Waals surface area (Å²) in [6.07, 6.45) is 5.11. The van der Waals surface area contributed by atoms with Gasteiger partial charge in [-0.05, 0) is 49.3 Å². The Hall–Kier alpha value is -2.58. The number of rotatable bonds is 6. The fourth-order valence-electron chi connectivity index (χ4n) is 5.39. The van der Waals surface area contributed by atoms with Crippen molar-refractivity contribution in [3.63, 3.8) is 0 Å². The van der Waals surface area contributed by atoms with E-state index in [0.717, 1.165) is 31.2 Å². The number of hydrogen-bond donors (Lipinski definition) is 1. The number of carbonyl (C=O) groups is 1. The molecule has 2 heterocycles. The molecule has 5 rings (SSSR count). The van der Waals surface area contributed by atoms with Crippen LogP contribution in [0.15, 0.2) is 53.4 Å². The molecule has 3 aliphatic rings. The van der Waals surface area contributed by atoms with Crippen LogP contribution in [-0.4, -0.2) is 50.5 Å². The minimum absolute atomic E-state index is 0.137. The van der Waals surface area contributed by atoms with E-state index in [-0.39, 0.29) is 22.8 Å². The zero-order valence-electron chi connectivity index (χ0n) is 18.6. The Morgan fingerprint density at radius 2 is 1.76 bits per heavy atom. The quantitative estimate of drug-likeness (QED) is 0.701. The van der Waals surface area contributed by atoms with Crippen LogP contribution in [-0.2, 0) is 21.2 Å². The molecular formula is C25H30N2O5S. The lowest BCUT2D eigenvalue weighted by molar-refractivity contribution is -0.124. The molecule has 1 N–H and O–H groups in total. The molecule has 1 amide bonds. The first-order valence-electron chi connectivity index (χ1n) is 11.8. The smallest absolute Gasteiger partial charge is 0.244 e. The average molecular weight is 471 g/mol. The van der Waals surface area contributed by atoms with Crippen LogP contribution in [0.5, 0.6) is 11.5 Å². The van der Waals surface area contributed by atoms with Crippen molar-refractivity contribution in [2.75, 3.05) is 19.8 Å². The van der Waals surface area contributed by atoms with Gasteiger partial charge in [0.15, 0.2) is 11.5 Å². The molecule has 1 saturated heterocycles. The molecule has 7 nitrogen and oxygen atoms in total. The van der Waals surface area contributed by atoms with Crippen molar-refractivity contribution < 1.29 is 22.7 Å². The van der Waals surface area contributed by atoms with Crippen LogP contribution in [0, 0.1) is 5.92 Å². The molecule has 2 aromatic carbocycles. The van der Waals surface area contributed by atoms with Crippen molar-refractivity contribution in [2.45, 2.75) is 55.5 Å². The number of nitrogens with one attached hydrogen (secondary N) is 1. The lowest BCUT2D eigenvalue weighted by Crippen LogP contribution is -2.49. The van der Waals surface area contributed by atoms with Crippen LogP contribution in [0.1, 0.15) is 37.7 Å². The van der Waals surface area contributed by atoms with E-state index in [4.69, 9.17) is 9.47 Å². The van der Waals surface area contributed by atoms with Gasteiger partial charge in [0.2, 0.25) is 15.9 Å². The predicted molar refractivity (Wildman–Crippen MR) is 124 cm³/mol. The molecule has 176 valence electrons. The number of benzene rings is 2. The molecule has 0 bridgehead atoms. The summed E-state index contributed by atoms with van der Waals surface area (Å²) in [5.41, 5.74) is 1.14. The average Bonchev–Trinajstić information content (AvgIpc) is 3.25. The highest BCUT2D eigenvalue weighted by molar-refractivity contribution is 7.89. The first-order valence-corrected chi connectivity index (χ1v) is 13.2. The molecule has 2 fully saturated rings. The number of amides is 1. The Morgan fingerprint density at radius 1 is 1.00 bits per heavy atom. The Bertz CT molecular complexity index is 1110. The molecule has 33 heavy (non-hydrogen) atoms. The molecule has 0 spiro atoms. The summed E-state index contributed by atoms with van der Waals surface area (Å²) in [5, 5.41) is 3.00. The lowest BCUT2D eigenvalue weighted by Gasteiger charge is -2.33. The molecule has 2 aliphatic heterocycles. The van der Waals surface area contributed by atoms with Crippen molar-refractivity contribution in [3.05, 3.63) is 54.1 Å². The Morgan fingerprint density at radius 3 is 2.58 bits per heavy atom. The van der Waals surface area contributed by atoms with Gasteiger partial charge in [-0.15, -0.1) is 0 Å². The SMILES string of the molecule is O=C(NCCc1ccccc1)C1CC2CCCCC2N1S(=O)(=O)c1ccc2c(c1)OCCO2. The van der Waals surface area contributed by atoms with Crippen LogP contribution in [0.25, 0.3) is 0 Å². The third kappa shape index (κ3) is 4.46. The zero-order valence-corrected chi connectivity index (χ0v) is 19.4. The number of fused-ring (bicyclic) bond motifs is 2. The second kappa shape index (κ2) is 9.35. The van der Waals surface area contributed by atoms with E-state index in [1.54, 1.807) is 12.1 Å². The zero-order chi connectivity index (χ0) is 22.8. The third-order valence-electron chi connectivity index (χ3n) is 6.98. The van der Waals surface area contributed by atoms with Crippen molar-refractivity contribution in [2.24, 2.45) is 5.92 Å². The van der Waals surface area contributed by atoms with Crippen LogP contribution in [0.2, 0.25) is 0 Å². The van der Waals surface area contributed by atoms with Gasteiger partial charge in [0, 0.05) is 18.7 Å². The van der Waals surface area contributed by atoms with Crippen LogP contribution in [0.4, 0.5) is 0 Å². The Balaban J connectivity index is 1.38. The molecule has 3 unspecified atom stereocenters. The summed E-state index contributed by atoms with van der Waals surface area (Å²) in [6.45, 7) is 1.31. The fourth-order valence-corrected chi connectivity index (χ4v) is 7.28. The van der Waals surface area contributed by atoms with Gasteiger partial charge in [-0.25, -0.2) is 8.42 Å². The highest BCUT2D eigenvalue weighted by Gasteiger charge is 2.51. The summed E-state index contributed by atoms with van der Waals surface area (Å²) in [6, 6.07) is 13.9. The molecule has 0 radical (unpaired) electrons. The van der Waals surface area contributed by atoms with E-state index in [2.05, 4.69) is 5.32 Å². The topological polar surface area (TPSA) is 84.9 Å². The highest BCUT2D eigenvalue weighted by Crippen LogP contribution is 2.43. The van der Waals surface area contributed by atoms with Gasteiger partial charge < -0.3 is 14.8 Å². The summed E-state index contributed by atoms with van der Waals surface area (Å²) in [4.78, 5) is 13.4. The lowest BCUT2D eigenvalue weighted by atomic mass is 9.85. The molecule has 3 atom stereocenters. The maximum Gasteiger partial charge on any atom is 0.244 e. The summed E-state index contributed by atoms with van der Waals surface area (Å²) < 4.78 is 40.3. The maximum absolute atomic E-state index is 13.8. The standard InChI is InChI=1S/C25H30N2O5S/c28-25(26-13-12-18-6-2-1-3-7-18)22-16-19-8-4-5-9-21(19)27(22)33(29,30)20-10-11-23-24(17-20)32-15-14-31-23/h1-3,6-7,10-11,17,19,21-22H,4-5,8-9,12-16H2,(H,26,28). The molecule has 0 aromatic heterocycles. The van der Waals surface area contributed by atoms with E-state index in [0.29, 0.717) is 44.1 Å². The van der Waals surface area contributed by atoms with Crippen molar-refractivity contribution in [1.82, 2.24) is 9.62 Å². The Labute approximate surface area is 195 Å². The van der Waals surface area contributed by atoms with Gasteiger partial charge >= 0.3 is 0 Å². The van der Waals surface area contributed by atoms with E-state index >= 15 is 0 Å². The van der Waals surface area contributed by atoms with Gasteiger partial charge in [-0.2, -0.15) is 4.31 Å². The third-order valence-corrected chi connectivity index (χ3v) is 8.91. The van der Waals surface area contributed by atoms with E-state index < -0.39 is 16.1 Å². The molecular weight excluding hydrogens is 440 g/mol. The van der Waals surface area contributed by atoms with Gasteiger partial charge in [-0.1, -0.05) is 43.2 Å². The predicted octanol–water partition coefficient (Wildman–Crippen LogP) is 3.14. The summed E-state index contributed by atoms with van der Waals surface area (Å²) in [5.74, 6) is 0.995. The molecule has 2 aromatic rings. The number of ether oxygens (including phenoxy) is 2. The van der Waals surface area contributed by atoms with E-state index in [1.807, 2.05) is 30.3 Å². The van der Waals surface area contributed by atoms with Crippen molar-refractivity contribution in [3.8, 4) is 11.5 Å². The number of carbonyl (C=O) groups excluding carboxylic acids is 1. The maximum atomic E-state index is 13.8. The minimum atomic E-state index is -3.88. The second-order valence-corrected chi connectivity index (χ2v) is 10.9. The molecule has 8 heteroatoms. The minimum Gasteiger partial charge on any atom is -0.486 e. The fraction of sp³-hybridized carbons (Fsp3) is 0.480. The van der Waals surface area contributed by atoms with Gasteiger partial charge in [0.25, 0.3) is 0 Å². The largest absolute Gasteiger partial charge is 0.486 e. The van der Waals surface area contributed by atoms with Crippen LogP contribution >= 0.6 is 0 Å². The highest BCUT2D eigenvalue weighted by atomic mass is 32.2. The van der Waals surface area contributed by atoms with Crippen molar-refractivity contribution >= 4 is 15.9 Å². The van der Waals surface area contributed by atoms with Gasteiger partial charge in [-0.3, -0.25) is 4.79 Å². The number of sulfonamides is 1. The van der Waals surface area contributed by atoms with Crippen molar-refractivity contribution in [1.29, 1.82) is 0 Å². The van der Waals surface area contributed by atoms with E-state index in [9.17, 15) is 13.2 Å². The molecule has 1 aliphatic carbocycles. The number of nitrogens with zero attached hydrogens (tertiary/aromatic N) is 1.